The normalized spacial score (nSPS) is 27.2. The molecule has 1 saturated heterocycles. The maximum atomic E-state index is 6.11. The van der Waals surface area contributed by atoms with Crippen molar-refractivity contribution in [2.24, 2.45) is 5.92 Å². The molecule has 0 aliphatic carbocycles. The van der Waals surface area contributed by atoms with Gasteiger partial charge in [0.2, 0.25) is 0 Å². The Morgan fingerprint density at radius 1 is 1.47 bits per heavy atom. The zero-order valence-electron chi connectivity index (χ0n) is 11.6. The van der Waals surface area contributed by atoms with Crippen LogP contribution < -0.4 is 0 Å². The third kappa shape index (κ3) is 2.13. The molecule has 0 unspecified atom stereocenters. The van der Waals surface area contributed by atoms with Gasteiger partial charge in [0, 0.05) is 6.20 Å². The van der Waals surface area contributed by atoms with E-state index >= 15 is 0 Å². The minimum absolute atomic E-state index is 0.0621. The first-order chi connectivity index (χ1) is 9.10. The maximum absolute atomic E-state index is 6.11. The summed E-state index contributed by atoms with van der Waals surface area (Å²) < 4.78 is 14.6. The first kappa shape index (κ1) is 12.9. The lowest BCUT2D eigenvalue weighted by atomic mass is 10.0. The summed E-state index contributed by atoms with van der Waals surface area (Å²) in [5, 5.41) is 1.01. The molecule has 1 aliphatic rings. The van der Waals surface area contributed by atoms with E-state index in [2.05, 4.69) is 18.4 Å². The molecule has 2 aromatic rings. The van der Waals surface area contributed by atoms with Crippen molar-refractivity contribution in [3.63, 3.8) is 0 Å². The van der Waals surface area contributed by atoms with Crippen LogP contribution in [0.5, 0.6) is 0 Å². The Hall–Kier alpha value is -1.13. The zero-order valence-corrected chi connectivity index (χ0v) is 12.4. The van der Waals surface area contributed by atoms with Crippen LogP contribution >= 0.6 is 12.2 Å². The summed E-state index contributed by atoms with van der Waals surface area (Å²) in [6.45, 7) is 6.37. The standard InChI is InChI=1S/C15H19NO2S/c1-4-12-9(2)7-14(18-12)16-6-5-13-11(15(16)19)8-10(3)17-13/h5-6,8-9,12,14H,4,7H2,1-3H3/t9-,12-,14-/m1/s1. The monoisotopic (exact) mass is 277 g/mol. The first-order valence-corrected chi connectivity index (χ1v) is 7.27. The molecule has 0 amide bonds. The highest BCUT2D eigenvalue weighted by Crippen LogP contribution is 2.35. The summed E-state index contributed by atoms with van der Waals surface area (Å²) in [5.41, 5.74) is 0.858. The average Bonchev–Trinajstić information content (AvgIpc) is 2.92. The van der Waals surface area contributed by atoms with Gasteiger partial charge in [-0.1, -0.05) is 26.1 Å². The SMILES string of the molecule is CC[C@H]1O[C@@H](n2ccc3oc(C)cc3c2=S)C[C@H]1C. The van der Waals surface area contributed by atoms with Gasteiger partial charge in [-0.2, -0.15) is 0 Å². The highest BCUT2D eigenvalue weighted by molar-refractivity contribution is 7.71. The van der Waals surface area contributed by atoms with Crippen LogP contribution in [0.15, 0.2) is 22.7 Å². The van der Waals surface area contributed by atoms with E-state index in [9.17, 15) is 0 Å². The van der Waals surface area contributed by atoms with Crippen LogP contribution in [0, 0.1) is 17.5 Å². The van der Waals surface area contributed by atoms with Crippen molar-refractivity contribution in [2.75, 3.05) is 0 Å². The van der Waals surface area contributed by atoms with Crippen LogP contribution in [0.4, 0.5) is 0 Å². The highest BCUT2D eigenvalue weighted by atomic mass is 32.1. The highest BCUT2D eigenvalue weighted by Gasteiger charge is 2.32. The van der Waals surface area contributed by atoms with Crippen LogP contribution in [0.3, 0.4) is 0 Å². The molecule has 3 rings (SSSR count). The topological polar surface area (TPSA) is 27.3 Å². The number of aromatic nitrogens is 1. The van der Waals surface area contributed by atoms with Gasteiger partial charge in [0.25, 0.3) is 0 Å². The van der Waals surface area contributed by atoms with E-state index in [4.69, 9.17) is 21.4 Å². The summed E-state index contributed by atoms with van der Waals surface area (Å²) in [5.74, 6) is 1.48. The second-order valence-corrected chi connectivity index (χ2v) is 5.80. The summed E-state index contributed by atoms with van der Waals surface area (Å²) in [6, 6.07) is 3.98. The van der Waals surface area contributed by atoms with Crippen LogP contribution in [-0.2, 0) is 4.74 Å². The van der Waals surface area contributed by atoms with E-state index in [0.29, 0.717) is 12.0 Å². The van der Waals surface area contributed by atoms with Gasteiger partial charge in [-0.25, -0.2) is 0 Å². The molecule has 3 heterocycles. The summed E-state index contributed by atoms with van der Waals surface area (Å²) >= 11 is 5.58. The first-order valence-electron chi connectivity index (χ1n) is 6.87. The largest absolute Gasteiger partial charge is 0.461 e. The molecule has 0 radical (unpaired) electrons. The predicted molar refractivity (Wildman–Crippen MR) is 77.8 cm³/mol. The Labute approximate surface area is 118 Å². The van der Waals surface area contributed by atoms with Gasteiger partial charge >= 0.3 is 0 Å². The number of hydrogen-bond acceptors (Lipinski definition) is 3. The number of nitrogens with zero attached hydrogens (tertiary/aromatic N) is 1. The second-order valence-electron chi connectivity index (χ2n) is 5.41. The van der Waals surface area contributed by atoms with Crippen LogP contribution in [0.25, 0.3) is 11.0 Å². The molecule has 3 nitrogen and oxygen atoms in total. The number of furan rings is 1. The van der Waals surface area contributed by atoms with Gasteiger partial charge in [-0.15, -0.1) is 0 Å². The Morgan fingerprint density at radius 3 is 2.95 bits per heavy atom. The summed E-state index contributed by atoms with van der Waals surface area (Å²) in [4.78, 5) is 0. The fraction of sp³-hybridized carbons (Fsp3) is 0.533. The van der Waals surface area contributed by atoms with Crippen molar-refractivity contribution in [3.05, 3.63) is 28.7 Å². The number of hydrogen-bond donors (Lipinski definition) is 0. The Morgan fingerprint density at radius 2 is 2.26 bits per heavy atom. The van der Waals surface area contributed by atoms with Crippen molar-refractivity contribution < 1.29 is 9.15 Å². The van der Waals surface area contributed by atoms with Crippen LogP contribution in [-0.4, -0.2) is 10.7 Å². The molecular formula is C15H19NO2S. The number of pyridine rings is 1. The van der Waals surface area contributed by atoms with E-state index in [1.807, 2.05) is 25.3 Å². The van der Waals surface area contributed by atoms with Crippen molar-refractivity contribution >= 4 is 23.2 Å². The maximum Gasteiger partial charge on any atom is 0.138 e. The van der Waals surface area contributed by atoms with Crippen molar-refractivity contribution in [1.82, 2.24) is 4.57 Å². The van der Waals surface area contributed by atoms with Gasteiger partial charge in [0.1, 0.15) is 22.2 Å². The molecule has 0 bridgehead atoms. The van der Waals surface area contributed by atoms with Crippen molar-refractivity contribution in [3.8, 4) is 0 Å². The van der Waals surface area contributed by atoms with Gasteiger partial charge < -0.3 is 13.7 Å². The lowest BCUT2D eigenvalue weighted by molar-refractivity contribution is -0.00566. The van der Waals surface area contributed by atoms with Gasteiger partial charge in [-0.05, 0) is 37.8 Å². The fourth-order valence-corrected chi connectivity index (χ4v) is 3.28. The number of fused-ring (bicyclic) bond motifs is 1. The third-order valence-corrected chi connectivity index (χ3v) is 4.42. The molecule has 1 fully saturated rings. The van der Waals surface area contributed by atoms with E-state index in [0.717, 1.165) is 34.2 Å². The molecule has 0 aromatic carbocycles. The van der Waals surface area contributed by atoms with Gasteiger partial charge in [-0.3, -0.25) is 0 Å². The summed E-state index contributed by atoms with van der Waals surface area (Å²) in [6.07, 6.45) is 4.47. The third-order valence-electron chi connectivity index (χ3n) is 3.99. The number of ether oxygens (including phenoxy) is 1. The Kier molecular flexibility index (Phi) is 3.23. The summed E-state index contributed by atoms with van der Waals surface area (Å²) in [7, 11) is 0. The van der Waals surface area contributed by atoms with Crippen molar-refractivity contribution in [1.29, 1.82) is 0 Å². The molecule has 4 heteroatoms. The number of rotatable bonds is 2. The van der Waals surface area contributed by atoms with Crippen molar-refractivity contribution in [2.45, 2.75) is 45.9 Å². The average molecular weight is 277 g/mol. The molecule has 0 N–H and O–H groups in total. The smallest absolute Gasteiger partial charge is 0.138 e. The molecule has 0 saturated carbocycles. The molecular weight excluding hydrogens is 258 g/mol. The molecule has 1 aliphatic heterocycles. The van der Waals surface area contributed by atoms with E-state index in [-0.39, 0.29) is 6.23 Å². The van der Waals surface area contributed by atoms with Gasteiger partial charge in [0.15, 0.2) is 0 Å². The number of aryl methyl sites for hydroxylation is 1. The van der Waals surface area contributed by atoms with E-state index < -0.39 is 0 Å². The lowest BCUT2D eigenvalue weighted by Crippen LogP contribution is -2.13. The quantitative estimate of drug-likeness (QED) is 0.750. The predicted octanol–water partition coefficient (Wildman–Crippen LogP) is 4.61. The van der Waals surface area contributed by atoms with E-state index in [1.165, 1.54) is 0 Å². The molecule has 3 atom stereocenters. The molecule has 102 valence electrons. The molecule has 2 aromatic heterocycles. The fourth-order valence-electron chi connectivity index (χ4n) is 2.94. The zero-order chi connectivity index (χ0) is 13.6. The van der Waals surface area contributed by atoms with E-state index in [1.54, 1.807) is 0 Å². The Bertz CT molecular complexity index is 658. The lowest BCUT2D eigenvalue weighted by Gasteiger charge is -2.16. The second kappa shape index (κ2) is 4.76. The molecule has 0 spiro atoms. The van der Waals surface area contributed by atoms with Gasteiger partial charge in [0.05, 0.1) is 11.5 Å². The van der Waals surface area contributed by atoms with Crippen LogP contribution in [0.1, 0.15) is 38.7 Å². The molecule has 19 heavy (non-hydrogen) atoms. The Balaban J connectivity index is 2.02. The minimum Gasteiger partial charge on any atom is -0.461 e. The minimum atomic E-state index is 0.0621. The van der Waals surface area contributed by atoms with Crippen LogP contribution in [0.2, 0.25) is 0 Å².